The molecule has 0 aliphatic rings. The molecule has 0 atom stereocenters. The Hall–Kier alpha value is -1.91. The van der Waals surface area contributed by atoms with E-state index in [1.165, 1.54) is 0 Å². The van der Waals surface area contributed by atoms with E-state index < -0.39 is 0 Å². The fourth-order valence-corrected chi connectivity index (χ4v) is 2.26. The molecular formula is C14H13ClN4. The minimum absolute atomic E-state index is 0.698. The van der Waals surface area contributed by atoms with Crippen LogP contribution in [0.3, 0.4) is 0 Å². The highest BCUT2D eigenvalue weighted by Gasteiger charge is 2.05. The van der Waals surface area contributed by atoms with Crippen molar-refractivity contribution >= 4 is 22.5 Å². The Kier molecular flexibility index (Phi) is 3.44. The molecule has 0 fully saturated rings. The molecule has 19 heavy (non-hydrogen) atoms. The van der Waals surface area contributed by atoms with Crippen molar-refractivity contribution in [3.8, 4) is 0 Å². The topological polar surface area (TPSA) is 53.6 Å². The lowest BCUT2D eigenvalue weighted by atomic mass is 10.1. The van der Waals surface area contributed by atoms with Crippen LogP contribution < -0.4 is 5.32 Å². The summed E-state index contributed by atoms with van der Waals surface area (Å²) in [6.07, 6.45) is 5.35. The first-order chi connectivity index (χ1) is 9.34. The molecule has 1 aromatic carbocycles. The Labute approximate surface area is 115 Å². The largest absolute Gasteiger partial charge is 0.348 e. The van der Waals surface area contributed by atoms with Gasteiger partial charge < -0.3 is 10.3 Å². The van der Waals surface area contributed by atoms with E-state index >= 15 is 0 Å². The third kappa shape index (κ3) is 2.59. The van der Waals surface area contributed by atoms with Crippen molar-refractivity contribution < 1.29 is 0 Å². The number of H-pyrrole nitrogens is 1. The van der Waals surface area contributed by atoms with Crippen LogP contribution in [-0.4, -0.2) is 15.0 Å². The average molecular weight is 273 g/mol. The predicted molar refractivity (Wildman–Crippen MR) is 75.9 cm³/mol. The van der Waals surface area contributed by atoms with Gasteiger partial charge in [-0.15, -0.1) is 0 Å². The molecule has 0 aliphatic heterocycles. The lowest BCUT2D eigenvalue weighted by Gasteiger charge is -2.07. The number of nitrogens with one attached hydrogen (secondary N) is 2. The van der Waals surface area contributed by atoms with Crippen LogP contribution in [0.5, 0.6) is 0 Å². The number of hydrogen-bond donors (Lipinski definition) is 2. The van der Waals surface area contributed by atoms with E-state index in [9.17, 15) is 0 Å². The minimum atomic E-state index is 0.698. The molecular weight excluding hydrogens is 260 g/mol. The van der Waals surface area contributed by atoms with Gasteiger partial charge in [-0.2, -0.15) is 0 Å². The number of benzene rings is 1. The Bertz CT molecular complexity index is 679. The monoisotopic (exact) mass is 272 g/mol. The molecule has 0 aliphatic carbocycles. The third-order valence-electron chi connectivity index (χ3n) is 2.96. The second-order valence-electron chi connectivity index (χ2n) is 4.25. The minimum Gasteiger partial charge on any atom is -0.348 e. The van der Waals surface area contributed by atoms with Crippen LogP contribution in [0.4, 0.5) is 0 Å². The van der Waals surface area contributed by atoms with Gasteiger partial charge in [0, 0.05) is 35.5 Å². The number of rotatable bonds is 4. The Morgan fingerprint density at radius 3 is 2.89 bits per heavy atom. The number of nitrogens with zero attached hydrogens (tertiary/aromatic N) is 2. The number of fused-ring (bicyclic) bond motifs is 1. The summed E-state index contributed by atoms with van der Waals surface area (Å²) in [5.74, 6) is 0.922. The fourth-order valence-electron chi connectivity index (χ4n) is 2.05. The lowest BCUT2D eigenvalue weighted by Crippen LogP contribution is -2.14. The highest BCUT2D eigenvalue weighted by atomic mass is 35.5. The summed E-state index contributed by atoms with van der Waals surface area (Å²) in [5.41, 5.74) is 2.08. The maximum absolute atomic E-state index is 6.17. The second-order valence-corrected chi connectivity index (χ2v) is 4.65. The van der Waals surface area contributed by atoms with Crippen molar-refractivity contribution in [1.82, 2.24) is 20.3 Å². The number of imidazole rings is 1. The zero-order chi connectivity index (χ0) is 13.1. The molecule has 0 amide bonds. The first-order valence-corrected chi connectivity index (χ1v) is 6.43. The maximum atomic E-state index is 6.17. The number of aromatic amines is 1. The average Bonchev–Trinajstić information content (AvgIpc) is 2.95. The predicted octanol–water partition coefficient (Wildman–Crippen LogP) is 2.90. The molecule has 0 saturated heterocycles. The quantitative estimate of drug-likeness (QED) is 0.768. The molecule has 2 heterocycles. The van der Waals surface area contributed by atoms with Crippen molar-refractivity contribution in [3.63, 3.8) is 0 Å². The fraction of sp³-hybridized carbons (Fsp3) is 0.143. The van der Waals surface area contributed by atoms with Gasteiger partial charge in [0.2, 0.25) is 0 Å². The smallest absolute Gasteiger partial charge is 0.120 e. The first kappa shape index (κ1) is 12.1. The molecule has 0 unspecified atom stereocenters. The molecule has 0 bridgehead atoms. The number of pyridine rings is 1. The van der Waals surface area contributed by atoms with Gasteiger partial charge in [-0.05, 0) is 23.8 Å². The van der Waals surface area contributed by atoms with E-state index in [2.05, 4.69) is 20.3 Å². The Morgan fingerprint density at radius 1 is 1.11 bits per heavy atom. The van der Waals surface area contributed by atoms with Crippen LogP contribution in [0, 0.1) is 0 Å². The summed E-state index contributed by atoms with van der Waals surface area (Å²) in [7, 11) is 0. The molecule has 4 nitrogen and oxygen atoms in total. The van der Waals surface area contributed by atoms with Crippen molar-refractivity contribution in [2.75, 3.05) is 0 Å². The van der Waals surface area contributed by atoms with Crippen molar-refractivity contribution in [1.29, 1.82) is 0 Å². The lowest BCUT2D eigenvalue weighted by molar-refractivity contribution is 0.671. The number of hydrogen-bond acceptors (Lipinski definition) is 3. The molecule has 96 valence electrons. The molecule has 0 saturated carbocycles. The maximum Gasteiger partial charge on any atom is 0.120 e. The van der Waals surface area contributed by atoms with Gasteiger partial charge in [0.1, 0.15) is 5.82 Å². The molecule has 3 aromatic rings. The summed E-state index contributed by atoms with van der Waals surface area (Å²) in [6.45, 7) is 1.43. The molecule has 0 spiro atoms. The summed E-state index contributed by atoms with van der Waals surface area (Å²) in [6, 6.07) is 7.80. The highest BCUT2D eigenvalue weighted by Crippen LogP contribution is 2.24. The van der Waals surface area contributed by atoms with Crippen LogP contribution in [0.15, 0.2) is 42.9 Å². The van der Waals surface area contributed by atoms with Gasteiger partial charge in [0.15, 0.2) is 0 Å². The Morgan fingerprint density at radius 2 is 2.05 bits per heavy atom. The van der Waals surface area contributed by atoms with Crippen LogP contribution >= 0.6 is 11.6 Å². The summed E-state index contributed by atoms with van der Waals surface area (Å²) in [4.78, 5) is 11.6. The van der Waals surface area contributed by atoms with Gasteiger partial charge in [0.05, 0.1) is 12.1 Å². The van der Waals surface area contributed by atoms with Crippen LogP contribution in [0.25, 0.3) is 10.9 Å². The molecule has 5 heteroatoms. The zero-order valence-electron chi connectivity index (χ0n) is 10.2. The molecule has 3 rings (SSSR count). The van der Waals surface area contributed by atoms with Gasteiger partial charge in [-0.25, -0.2) is 4.98 Å². The van der Waals surface area contributed by atoms with Gasteiger partial charge in [-0.3, -0.25) is 4.98 Å². The van der Waals surface area contributed by atoms with Crippen LogP contribution in [-0.2, 0) is 13.1 Å². The normalized spacial score (nSPS) is 11.0. The molecule has 2 N–H and O–H groups in total. The van der Waals surface area contributed by atoms with Crippen molar-refractivity contribution in [2.24, 2.45) is 0 Å². The number of halogens is 1. The van der Waals surface area contributed by atoms with E-state index in [0.717, 1.165) is 33.9 Å². The van der Waals surface area contributed by atoms with E-state index in [4.69, 9.17) is 11.6 Å². The van der Waals surface area contributed by atoms with Crippen LogP contribution in [0.2, 0.25) is 5.02 Å². The molecule has 0 radical (unpaired) electrons. The van der Waals surface area contributed by atoms with Gasteiger partial charge >= 0.3 is 0 Å². The summed E-state index contributed by atoms with van der Waals surface area (Å²) < 4.78 is 0. The SMILES string of the molecule is Clc1ccc(CNCc2ncc[nH]2)c2ncccc12. The zero-order valence-corrected chi connectivity index (χ0v) is 11.0. The highest BCUT2D eigenvalue weighted by molar-refractivity contribution is 6.35. The molecule has 2 aromatic heterocycles. The Balaban J connectivity index is 1.79. The van der Waals surface area contributed by atoms with Crippen molar-refractivity contribution in [2.45, 2.75) is 13.1 Å². The summed E-state index contributed by atoms with van der Waals surface area (Å²) in [5, 5.41) is 5.06. The van der Waals surface area contributed by atoms with Crippen LogP contribution in [0.1, 0.15) is 11.4 Å². The van der Waals surface area contributed by atoms with Gasteiger partial charge in [0.25, 0.3) is 0 Å². The third-order valence-corrected chi connectivity index (χ3v) is 3.29. The van der Waals surface area contributed by atoms with Crippen molar-refractivity contribution in [3.05, 3.63) is 59.3 Å². The standard InChI is InChI=1S/C14H13ClN4/c15-12-4-3-10(14-11(12)2-1-5-19-14)8-16-9-13-17-6-7-18-13/h1-7,16H,8-9H2,(H,17,18). The second kappa shape index (κ2) is 5.38. The first-order valence-electron chi connectivity index (χ1n) is 6.05. The van der Waals surface area contributed by atoms with E-state index in [1.54, 1.807) is 12.4 Å². The summed E-state index contributed by atoms with van der Waals surface area (Å²) >= 11 is 6.17. The number of aromatic nitrogens is 3. The van der Waals surface area contributed by atoms with Gasteiger partial charge in [-0.1, -0.05) is 17.7 Å². The van der Waals surface area contributed by atoms with E-state index in [1.807, 2.05) is 30.5 Å². The van der Waals surface area contributed by atoms with E-state index in [0.29, 0.717) is 6.54 Å². The van der Waals surface area contributed by atoms with E-state index in [-0.39, 0.29) is 0 Å².